The maximum Gasteiger partial charge on any atom is 0.413 e. The normalized spacial score (nSPS) is 16.3. The number of nitrogens with zero attached hydrogens (tertiary/aromatic N) is 6. The molecule has 0 radical (unpaired) electrons. The van der Waals surface area contributed by atoms with E-state index in [-0.39, 0.29) is 23.8 Å². The predicted molar refractivity (Wildman–Crippen MR) is 168 cm³/mol. The average Bonchev–Trinajstić information content (AvgIpc) is 3.41. The van der Waals surface area contributed by atoms with Gasteiger partial charge in [-0.1, -0.05) is 32.9 Å². The molecule has 4 aromatic rings. The lowest BCUT2D eigenvalue weighted by Gasteiger charge is -2.28. The third-order valence-electron chi connectivity index (χ3n) is 8.34. The molecule has 0 bridgehead atoms. The number of hydrazine groups is 2. The summed E-state index contributed by atoms with van der Waals surface area (Å²) < 4.78 is 43.9. The van der Waals surface area contributed by atoms with E-state index in [9.17, 15) is 23.7 Å². The van der Waals surface area contributed by atoms with Crippen LogP contribution in [0.3, 0.4) is 0 Å². The van der Waals surface area contributed by atoms with Crippen molar-refractivity contribution in [1.82, 2.24) is 30.7 Å². The Bertz CT molecular complexity index is 1910. The van der Waals surface area contributed by atoms with Crippen molar-refractivity contribution in [3.05, 3.63) is 89.1 Å². The lowest BCUT2D eigenvalue weighted by molar-refractivity contribution is -0.195. The van der Waals surface area contributed by atoms with Crippen LogP contribution >= 0.6 is 0 Å². The third kappa shape index (κ3) is 5.54. The number of nitriles is 2. The summed E-state index contributed by atoms with van der Waals surface area (Å²) in [5.41, 5.74) is 8.63. The summed E-state index contributed by atoms with van der Waals surface area (Å²) in [7, 11) is 0. The van der Waals surface area contributed by atoms with Crippen LogP contribution in [0.2, 0.25) is 0 Å². The van der Waals surface area contributed by atoms with Gasteiger partial charge < -0.3 is 16.1 Å². The number of aromatic nitrogens is 3. The lowest BCUT2D eigenvalue weighted by atomic mass is 9.95. The van der Waals surface area contributed by atoms with E-state index >= 15 is 0 Å². The summed E-state index contributed by atoms with van der Waals surface area (Å²) in [4.78, 5) is 4.44. The summed E-state index contributed by atoms with van der Waals surface area (Å²) in [6.45, 7) is 8.69. The third-order valence-corrected chi connectivity index (χ3v) is 8.34. The van der Waals surface area contributed by atoms with Gasteiger partial charge in [0.25, 0.3) is 0 Å². The number of fused-ring (bicyclic) bond motifs is 1. The van der Waals surface area contributed by atoms with E-state index in [4.69, 9.17) is 0 Å². The van der Waals surface area contributed by atoms with Gasteiger partial charge in [0.1, 0.15) is 12.1 Å². The average molecular weight is 627 g/mol. The van der Waals surface area contributed by atoms with Crippen LogP contribution in [0.4, 0.5) is 24.5 Å². The Hall–Kier alpha value is -5.27. The van der Waals surface area contributed by atoms with Crippen molar-refractivity contribution < 1.29 is 13.2 Å². The van der Waals surface area contributed by atoms with E-state index in [0.717, 1.165) is 21.8 Å². The van der Waals surface area contributed by atoms with Crippen LogP contribution in [-0.4, -0.2) is 38.0 Å². The molecule has 1 aliphatic heterocycles. The minimum atomic E-state index is -4.42. The number of pyridine rings is 1. The predicted octanol–water partition coefficient (Wildman–Crippen LogP) is 6.34. The highest BCUT2D eigenvalue weighted by atomic mass is 19.4. The Morgan fingerprint density at radius 3 is 2.48 bits per heavy atom. The van der Waals surface area contributed by atoms with Crippen LogP contribution in [0.5, 0.6) is 0 Å². The highest BCUT2D eigenvalue weighted by molar-refractivity contribution is 5.99. The summed E-state index contributed by atoms with van der Waals surface area (Å²) in [6, 6.07) is 14.7. The minimum Gasteiger partial charge on any atom is -0.383 e. The van der Waals surface area contributed by atoms with Gasteiger partial charge in [0.15, 0.2) is 5.54 Å². The highest BCUT2D eigenvalue weighted by Crippen LogP contribution is 2.54. The smallest absolute Gasteiger partial charge is 0.383 e. The fourth-order valence-electron chi connectivity index (χ4n) is 5.69. The molecule has 236 valence electrons. The molecule has 2 aromatic heterocycles. The molecule has 0 spiro atoms. The van der Waals surface area contributed by atoms with Gasteiger partial charge in [-0.05, 0) is 60.6 Å². The van der Waals surface area contributed by atoms with E-state index in [2.05, 4.69) is 64.6 Å². The first-order chi connectivity index (χ1) is 21.8. The lowest BCUT2D eigenvalue weighted by Crippen LogP contribution is -2.52. The number of anilines is 2. The van der Waals surface area contributed by atoms with E-state index in [1.54, 1.807) is 16.9 Å². The molecule has 0 saturated heterocycles. The SMILES string of the molecule is Cc1c([C@H](Nc2cc(C#N)c3ncc(C#N)c(NCC(C)(C)C)c3c2)C2=CN(C3(C(F)(F)F)CC3)NN2)cccc1-n1cccn1. The second kappa shape index (κ2) is 11.3. The van der Waals surface area contributed by atoms with Crippen molar-refractivity contribution in [3.8, 4) is 17.8 Å². The van der Waals surface area contributed by atoms with Crippen molar-refractivity contribution in [2.45, 2.75) is 58.3 Å². The molecule has 6 rings (SSSR count). The van der Waals surface area contributed by atoms with Crippen molar-refractivity contribution in [2.24, 2.45) is 5.41 Å². The van der Waals surface area contributed by atoms with Gasteiger partial charge in [-0.25, -0.2) is 4.68 Å². The fourth-order valence-corrected chi connectivity index (χ4v) is 5.69. The Balaban J connectivity index is 1.48. The van der Waals surface area contributed by atoms with Gasteiger partial charge in [-0.3, -0.25) is 9.99 Å². The van der Waals surface area contributed by atoms with E-state index in [1.807, 2.05) is 43.5 Å². The number of halogens is 3. The first kappa shape index (κ1) is 30.7. The van der Waals surface area contributed by atoms with Crippen molar-refractivity contribution in [3.63, 3.8) is 0 Å². The summed E-state index contributed by atoms with van der Waals surface area (Å²) in [6.07, 6.45) is 1.94. The Labute approximate surface area is 264 Å². The number of hydrogen-bond acceptors (Lipinski definition) is 9. The second-order valence-electron chi connectivity index (χ2n) is 12.8. The zero-order valence-electron chi connectivity index (χ0n) is 25.8. The first-order valence-corrected chi connectivity index (χ1v) is 14.8. The van der Waals surface area contributed by atoms with Crippen LogP contribution in [0.25, 0.3) is 16.6 Å². The molecule has 1 saturated carbocycles. The number of nitrogens with one attached hydrogen (secondary N) is 4. The van der Waals surface area contributed by atoms with Crippen molar-refractivity contribution in [1.29, 1.82) is 10.5 Å². The van der Waals surface area contributed by atoms with Gasteiger partial charge in [0, 0.05) is 42.4 Å². The zero-order valence-corrected chi connectivity index (χ0v) is 25.8. The van der Waals surface area contributed by atoms with Gasteiger partial charge in [-0.2, -0.15) is 28.8 Å². The molecule has 46 heavy (non-hydrogen) atoms. The summed E-state index contributed by atoms with van der Waals surface area (Å²) >= 11 is 0. The van der Waals surface area contributed by atoms with Crippen LogP contribution in [0.1, 0.15) is 61.9 Å². The molecular formula is C33H33F3N10. The largest absolute Gasteiger partial charge is 0.413 e. The van der Waals surface area contributed by atoms with Crippen molar-refractivity contribution in [2.75, 3.05) is 17.2 Å². The number of benzene rings is 2. The molecule has 3 heterocycles. The monoisotopic (exact) mass is 626 g/mol. The van der Waals surface area contributed by atoms with E-state index < -0.39 is 17.8 Å². The Morgan fingerprint density at radius 2 is 1.85 bits per heavy atom. The molecule has 0 unspecified atom stereocenters. The fraction of sp³-hybridized carbons (Fsp3) is 0.333. The van der Waals surface area contributed by atoms with Gasteiger partial charge in [0.05, 0.1) is 39.8 Å². The Kier molecular flexibility index (Phi) is 7.53. The van der Waals surface area contributed by atoms with Gasteiger partial charge >= 0.3 is 6.18 Å². The summed E-state index contributed by atoms with van der Waals surface area (Å²) in [5.74, 6) is 0. The first-order valence-electron chi connectivity index (χ1n) is 14.8. The van der Waals surface area contributed by atoms with Gasteiger partial charge in [-0.15, -0.1) is 5.53 Å². The van der Waals surface area contributed by atoms with Crippen LogP contribution in [0, 0.1) is 35.0 Å². The molecule has 1 fully saturated rings. The van der Waals surface area contributed by atoms with E-state index in [1.165, 1.54) is 12.4 Å². The quantitative estimate of drug-likeness (QED) is 0.177. The molecule has 13 heteroatoms. The highest BCUT2D eigenvalue weighted by Gasteiger charge is 2.67. The van der Waals surface area contributed by atoms with Crippen LogP contribution < -0.4 is 21.6 Å². The van der Waals surface area contributed by atoms with Crippen LogP contribution in [-0.2, 0) is 0 Å². The molecule has 1 aliphatic carbocycles. The maximum atomic E-state index is 14.1. The molecule has 0 amide bonds. The topological polar surface area (TPSA) is 130 Å². The Morgan fingerprint density at radius 1 is 1.09 bits per heavy atom. The molecule has 1 atom stereocenters. The van der Waals surface area contributed by atoms with Crippen molar-refractivity contribution >= 4 is 22.3 Å². The van der Waals surface area contributed by atoms with Crippen LogP contribution in [0.15, 0.2) is 66.9 Å². The van der Waals surface area contributed by atoms with Gasteiger partial charge in [0.2, 0.25) is 0 Å². The molecule has 4 N–H and O–H groups in total. The number of hydrogen-bond donors (Lipinski definition) is 4. The number of rotatable bonds is 8. The van der Waals surface area contributed by atoms with E-state index in [0.29, 0.717) is 40.1 Å². The molecular weight excluding hydrogens is 593 g/mol. The molecule has 10 nitrogen and oxygen atoms in total. The second-order valence-corrected chi connectivity index (χ2v) is 12.8. The zero-order chi connectivity index (χ0) is 32.9. The molecule has 2 aromatic carbocycles. The minimum absolute atomic E-state index is 0.0182. The standard InChI is InChI=1S/C33H33F3N10/c1-20-24(7-5-8-27(20)45-12-6-11-41-45)30(26-18-46(44-43-26)32(9-10-32)33(34,35)36)42-23-13-21(15-37)28-25(14-23)29(22(16-38)17-39-28)40-19-31(2,3)4/h5-8,11-14,17-18,30,42-44H,9-10,19H2,1-4H3,(H,39,40)/t30-/m0/s1. The molecule has 2 aliphatic rings. The number of alkyl halides is 3. The summed E-state index contributed by atoms with van der Waals surface area (Å²) in [5, 5.41) is 33.0. The maximum absolute atomic E-state index is 14.1.